The van der Waals surface area contributed by atoms with Crippen LogP contribution in [0.25, 0.3) is 0 Å². The number of epoxide rings is 1. The number of benzene rings is 1. The molecule has 2 atom stereocenters. The second-order valence-corrected chi connectivity index (χ2v) is 6.03. The van der Waals surface area contributed by atoms with E-state index < -0.39 is 6.10 Å². The number of aliphatic hydroxyl groups excluding tert-OH is 1. The van der Waals surface area contributed by atoms with Crippen molar-refractivity contribution in [3.8, 4) is 0 Å². The van der Waals surface area contributed by atoms with Crippen molar-refractivity contribution in [1.82, 2.24) is 0 Å². The highest BCUT2D eigenvalue weighted by Crippen LogP contribution is 2.38. The van der Waals surface area contributed by atoms with Gasteiger partial charge in [-0.15, -0.1) is 0 Å². The lowest BCUT2D eigenvalue weighted by Crippen LogP contribution is -2.14. The van der Waals surface area contributed by atoms with E-state index in [-0.39, 0.29) is 11.5 Å². The maximum atomic E-state index is 9.88. The molecule has 0 saturated carbocycles. The number of hydrogen-bond acceptors (Lipinski definition) is 2. The van der Waals surface area contributed by atoms with Gasteiger partial charge in [0.15, 0.2) is 0 Å². The SMILES string of the molecule is Cc1c(C(C)O)cc(C(C)(C)C)cc1C1CO1. The summed E-state index contributed by atoms with van der Waals surface area (Å²) in [4.78, 5) is 0. The van der Waals surface area contributed by atoms with Gasteiger partial charge in [-0.3, -0.25) is 0 Å². The average molecular weight is 234 g/mol. The fourth-order valence-electron chi connectivity index (χ4n) is 2.19. The standard InChI is InChI=1S/C15H22O2/c1-9-12(10(2)16)6-11(15(3,4)5)7-13(9)14-8-17-14/h6-7,10,14,16H,8H2,1-5H3. The van der Waals surface area contributed by atoms with E-state index in [1.807, 2.05) is 6.92 Å². The zero-order valence-electron chi connectivity index (χ0n) is 11.4. The Labute approximate surface area is 104 Å². The number of rotatable bonds is 2. The van der Waals surface area contributed by atoms with Crippen molar-refractivity contribution in [2.75, 3.05) is 6.61 Å². The van der Waals surface area contributed by atoms with E-state index in [9.17, 15) is 5.11 Å². The van der Waals surface area contributed by atoms with Crippen molar-refractivity contribution in [2.45, 2.75) is 52.2 Å². The highest BCUT2D eigenvalue weighted by Gasteiger charge is 2.29. The van der Waals surface area contributed by atoms with Crippen LogP contribution < -0.4 is 0 Å². The molecule has 0 spiro atoms. The molecule has 2 nitrogen and oxygen atoms in total. The Morgan fingerprint density at radius 1 is 1.35 bits per heavy atom. The Kier molecular flexibility index (Phi) is 3.04. The van der Waals surface area contributed by atoms with Gasteiger partial charge >= 0.3 is 0 Å². The fourth-order valence-corrected chi connectivity index (χ4v) is 2.19. The molecule has 1 fully saturated rings. The molecule has 2 unspecified atom stereocenters. The summed E-state index contributed by atoms with van der Waals surface area (Å²) < 4.78 is 5.40. The van der Waals surface area contributed by atoms with E-state index in [4.69, 9.17) is 4.74 Å². The molecule has 0 aromatic heterocycles. The Hall–Kier alpha value is -0.860. The summed E-state index contributed by atoms with van der Waals surface area (Å²) in [6.07, 6.45) is -0.176. The van der Waals surface area contributed by atoms with Crippen molar-refractivity contribution < 1.29 is 9.84 Å². The van der Waals surface area contributed by atoms with Crippen molar-refractivity contribution in [2.24, 2.45) is 0 Å². The lowest BCUT2D eigenvalue weighted by molar-refractivity contribution is 0.198. The molecule has 2 heteroatoms. The van der Waals surface area contributed by atoms with Crippen LogP contribution in [-0.4, -0.2) is 11.7 Å². The third-order valence-electron chi connectivity index (χ3n) is 3.48. The Bertz CT molecular complexity index is 400. The van der Waals surface area contributed by atoms with Crippen LogP contribution in [-0.2, 0) is 10.2 Å². The van der Waals surface area contributed by atoms with Crippen LogP contribution in [0.2, 0.25) is 0 Å². The molecule has 1 heterocycles. The van der Waals surface area contributed by atoms with Gasteiger partial charge in [0.1, 0.15) is 6.10 Å². The number of hydrogen-bond donors (Lipinski definition) is 1. The summed E-state index contributed by atoms with van der Waals surface area (Å²) in [7, 11) is 0. The zero-order chi connectivity index (χ0) is 12.8. The minimum atomic E-state index is -0.421. The summed E-state index contributed by atoms with van der Waals surface area (Å²) in [5.74, 6) is 0. The van der Waals surface area contributed by atoms with E-state index in [1.165, 1.54) is 16.7 Å². The first-order valence-electron chi connectivity index (χ1n) is 6.25. The summed E-state index contributed by atoms with van der Waals surface area (Å²) >= 11 is 0. The van der Waals surface area contributed by atoms with Crippen molar-refractivity contribution >= 4 is 0 Å². The minimum absolute atomic E-state index is 0.0982. The van der Waals surface area contributed by atoms with Gasteiger partial charge in [0, 0.05) is 0 Å². The molecule has 0 radical (unpaired) electrons. The van der Waals surface area contributed by atoms with Gasteiger partial charge in [-0.05, 0) is 41.5 Å². The summed E-state index contributed by atoms with van der Waals surface area (Å²) in [5.41, 5.74) is 4.82. The topological polar surface area (TPSA) is 32.8 Å². The third kappa shape index (κ3) is 2.53. The second-order valence-electron chi connectivity index (χ2n) is 6.03. The smallest absolute Gasteiger partial charge is 0.106 e. The fraction of sp³-hybridized carbons (Fsp3) is 0.600. The highest BCUT2D eigenvalue weighted by molar-refractivity contribution is 5.44. The molecule has 1 aromatic carbocycles. The van der Waals surface area contributed by atoms with E-state index >= 15 is 0 Å². The molecule has 1 saturated heterocycles. The van der Waals surface area contributed by atoms with Crippen LogP contribution in [0.3, 0.4) is 0 Å². The Morgan fingerprint density at radius 3 is 2.35 bits per heavy atom. The average Bonchev–Trinajstić information content (AvgIpc) is 2.99. The Balaban J connectivity index is 2.56. The lowest BCUT2D eigenvalue weighted by atomic mass is 9.82. The first-order valence-corrected chi connectivity index (χ1v) is 6.25. The lowest BCUT2D eigenvalue weighted by Gasteiger charge is -2.23. The molecule has 17 heavy (non-hydrogen) atoms. The second kappa shape index (κ2) is 4.11. The third-order valence-corrected chi connectivity index (χ3v) is 3.48. The maximum absolute atomic E-state index is 9.88. The first-order chi connectivity index (χ1) is 7.80. The summed E-state index contributed by atoms with van der Waals surface area (Å²) in [6, 6.07) is 4.37. The molecule has 1 aromatic rings. The van der Waals surface area contributed by atoms with Crippen LogP contribution in [0, 0.1) is 6.92 Å². The van der Waals surface area contributed by atoms with E-state index in [2.05, 4.69) is 39.8 Å². The van der Waals surface area contributed by atoms with Crippen molar-refractivity contribution in [1.29, 1.82) is 0 Å². The molecule has 0 aliphatic carbocycles. The van der Waals surface area contributed by atoms with Crippen LogP contribution in [0.1, 0.15) is 62.2 Å². The van der Waals surface area contributed by atoms with Crippen molar-refractivity contribution in [3.63, 3.8) is 0 Å². The molecule has 2 rings (SSSR count). The first kappa shape index (κ1) is 12.6. The van der Waals surface area contributed by atoms with Gasteiger partial charge in [0.25, 0.3) is 0 Å². The van der Waals surface area contributed by atoms with E-state index in [0.29, 0.717) is 0 Å². The minimum Gasteiger partial charge on any atom is -0.389 e. The predicted octanol–water partition coefficient (Wildman–Crippen LogP) is 3.42. The van der Waals surface area contributed by atoms with Crippen LogP contribution in [0.15, 0.2) is 12.1 Å². The molecular formula is C15H22O2. The van der Waals surface area contributed by atoms with Crippen LogP contribution in [0.4, 0.5) is 0 Å². The van der Waals surface area contributed by atoms with Gasteiger partial charge in [0.05, 0.1) is 12.7 Å². The van der Waals surface area contributed by atoms with Gasteiger partial charge in [-0.2, -0.15) is 0 Å². The molecule has 0 bridgehead atoms. The van der Waals surface area contributed by atoms with Crippen LogP contribution in [0.5, 0.6) is 0 Å². The molecular weight excluding hydrogens is 212 g/mol. The van der Waals surface area contributed by atoms with Gasteiger partial charge < -0.3 is 9.84 Å². The van der Waals surface area contributed by atoms with Gasteiger partial charge in [-0.25, -0.2) is 0 Å². The number of ether oxygens (including phenoxy) is 1. The molecule has 1 aliphatic heterocycles. The summed E-state index contributed by atoms with van der Waals surface area (Å²) in [5, 5.41) is 9.88. The van der Waals surface area contributed by atoms with Gasteiger partial charge in [0.2, 0.25) is 0 Å². The molecule has 1 aliphatic rings. The number of aliphatic hydroxyl groups is 1. The maximum Gasteiger partial charge on any atom is 0.106 e. The highest BCUT2D eigenvalue weighted by atomic mass is 16.6. The molecule has 1 N–H and O–H groups in total. The van der Waals surface area contributed by atoms with E-state index in [1.54, 1.807) is 0 Å². The zero-order valence-corrected chi connectivity index (χ0v) is 11.4. The summed E-state index contributed by atoms with van der Waals surface area (Å²) in [6.45, 7) is 11.3. The quantitative estimate of drug-likeness (QED) is 0.795. The van der Waals surface area contributed by atoms with E-state index in [0.717, 1.165) is 12.2 Å². The largest absolute Gasteiger partial charge is 0.389 e. The normalized spacial score (nSPS) is 21.4. The monoisotopic (exact) mass is 234 g/mol. The predicted molar refractivity (Wildman–Crippen MR) is 69.2 cm³/mol. The molecule has 0 amide bonds. The van der Waals surface area contributed by atoms with Crippen molar-refractivity contribution in [3.05, 3.63) is 34.4 Å². The van der Waals surface area contributed by atoms with Gasteiger partial charge in [-0.1, -0.05) is 32.9 Å². The van der Waals surface area contributed by atoms with Crippen LogP contribution >= 0.6 is 0 Å². The Morgan fingerprint density at radius 2 is 1.94 bits per heavy atom. The molecule has 94 valence electrons.